The van der Waals surface area contributed by atoms with Gasteiger partial charge in [-0.25, -0.2) is 16.8 Å². The molecule has 0 N–H and O–H groups in total. The highest BCUT2D eigenvalue weighted by Gasteiger charge is 2.18. The Bertz CT molecular complexity index is 1250. The van der Waals surface area contributed by atoms with Gasteiger partial charge in [0.1, 0.15) is 6.61 Å². The number of benzene rings is 3. The van der Waals surface area contributed by atoms with Crippen molar-refractivity contribution in [3.05, 3.63) is 90.0 Å². The molecule has 3 rings (SSSR count). The van der Waals surface area contributed by atoms with Crippen molar-refractivity contribution in [1.82, 2.24) is 0 Å². The van der Waals surface area contributed by atoms with E-state index in [0.717, 1.165) is 5.56 Å². The molecule has 0 fully saturated rings. The average Bonchev–Trinajstić information content (AvgIpc) is 2.77. The molecule has 0 aliphatic heterocycles. The van der Waals surface area contributed by atoms with Crippen LogP contribution >= 0.6 is 0 Å². The molecule has 0 saturated carbocycles. The lowest BCUT2D eigenvalue weighted by atomic mass is 10.2. The summed E-state index contributed by atoms with van der Waals surface area (Å²) in [5, 5.41) is 0. The van der Waals surface area contributed by atoms with Crippen LogP contribution < -0.4 is 0 Å². The molecule has 31 heavy (non-hydrogen) atoms. The molecule has 0 bridgehead atoms. The summed E-state index contributed by atoms with van der Waals surface area (Å²) in [6.45, 7) is 1.78. The lowest BCUT2D eigenvalue weighted by Gasteiger charge is -2.08. The molecule has 0 heterocycles. The number of esters is 1. The van der Waals surface area contributed by atoms with Crippen LogP contribution in [0.3, 0.4) is 0 Å². The molecule has 0 aliphatic rings. The Morgan fingerprint density at radius 3 is 1.90 bits per heavy atom. The lowest BCUT2D eigenvalue weighted by Crippen LogP contribution is -2.13. The van der Waals surface area contributed by atoms with E-state index in [9.17, 15) is 21.6 Å². The van der Waals surface area contributed by atoms with Crippen LogP contribution in [-0.4, -0.2) is 28.6 Å². The Morgan fingerprint density at radius 2 is 1.29 bits per heavy atom. The van der Waals surface area contributed by atoms with Crippen molar-refractivity contribution in [2.24, 2.45) is 0 Å². The Labute approximate surface area is 182 Å². The smallest absolute Gasteiger partial charge is 0.307 e. The molecular weight excluding hydrogens is 436 g/mol. The summed E-state index contributed by atoms with van der Waals surface area (Å²) in [6.07, 6.45) is -0.267. The fourth-order valence-electron chi connectivity index (χ4n) is 2.82. The van der Waals surface area contributed by atoms with Crippen molar-refractivity contribution in [3.63, 3.8) is 0 Å². The monoisotopic (exact) mass is 458 g/mol. The molecule has 0 radical (unpaired) electrons. The number of carbonyl (C=O) groups excluding carboxylic acids is 1. The van der Waals surface area contributed by atoms with Gasteiger partial charge in [0.2, 0.25) is 9.84 Å². The van der Waals surface area contributed by atoms with Crippen LogP contribution in [0.1, 0.15) is 17.5 Å². The molecule has 0 saturated heterocycles. The van der Waals surface area contributed by atoms with E-state index >= 15 is 0 Å². The molecule has 0 aromatic heterocycles. The second-order valence-electron chi connectivity index (χ2n) is 7.00. The van der Waals surface area contributed by atoms with Crippen LogP contribution in [0, 0.1) is 6.92 Å². The highest BCUT2D eigenvalue weighted by molar-refractivity contribution is 7.91. The summed E-state index contributed by atoms with van der Waals surface area (Å²) in [4.78, 5) is 12.5. The number of ether oxygens (including phenoxy) is 1. The fourth-order valence-corrected chi connectivity index (χ4v) is 5.32. The van der Waals surface area contributed by atoms with E-state index in [1.807, 2.05) is 6.92 Å². The second-order valence-corrected chi connectivity index (χ2v) is 11.1. The van der Waals surface area contributed by atoms with E-state index in [4.69, 9.17) is 4.74 Å². The largest absolute Gasteiger partial charge is 0.461 e. The molecule has 0 aliphatic carbocycles. The Balaban J connectivity index is 1.55. The van der Waals surface area contributed by atoms with Crippen LogP contribution in [-0.2, 0) is 35.8 Å². The number of carbonyl (C=O) groups is 1. The Morgan fingerprint density at radius 1 is 0.742 bits per heavy atom. The minimum atomic E-state index is -3.62. The van der Waals surface area contributed by atoms with Crippen LogP contribution in [0.25, 0.3) is 0 Å². The summed E-state index contributed by atoms with van der Waals surface area (Å²) >= 11 is 0. The summed E-state index contributed by atoms with van der Waals surface area (Å²) in [5.74, 6) is -0.986. The quantitative estimate of drug-likeness (QED) is 0.477. The predicted molar refractivity (Wildman–Crippen MR) is 116 cm³/mol. The maximum absolute atomic E-state index is 12.6. The van der Waals surface area contributed by atoms with Crippen LogP contribution in [0.2, 0.25) is 0 Å². The highest BCUT2D eigenvalue weighted by atomic mass is 32.2. The van der Waals surface area contributed by atoms with Gasteiger partial charge in [-0.3, -0.25) is 4.79 Å². The minimum Gasteiger partial charge on any atom is -0.461 e. The minimum absolute atomic E-state index is 0.0743. The first-order valence-electron chi connectivity index (χ1n) is 9.53. The molecule has 0 amide bonds. The SMILES string of the molecule is Cc1ccc(S(=O)(=O)CCC(=O)OCc2ccc(S(=O)(=O)c3ccccc3)cc2)cc1. The van der Waals surface area contributed by atoms with E-state index < -0.39 is 25.6 Å². The standard InChI is InChI=1S/C23H22O6S2/c1-18-7-11-20(12-8-18)30(25,26)16-15-23(24)29-17-19-9-13-22(14-10-19)31(27,28)21-5-3-2-4-6-21/h2-14H,15-17H2,1H3. The van der Waals surface area contributed by atoms with Gasteiger partial charge in [0.05, 0.1) is 26.9 Å². The molecule has 0 atom stereocenters. The molecule has 3 aromatic carbocycles. The van der Waals surface area contributed by atoms with E-state index in [1.54, 1.807) is 42.5 Å². The van der Waals surface area contributed by atoms with Gasteiger partial charge in [-0.2, -0.15) is 0 Å². The zero-order valence-electron chi connectivity index (χ0n) is 16.9. The number of rotatable bonds is 8. The van der Waals surface area contributed by atoms with Gasteiger partial charge in [0.25, 0.3) is 0 Å². The van der Waals surface area contributed by atoms with Gasteiger partial charge in [0.15, 0.2) is 9.84 Å². The van der Waals surface area contributed by atoms with Gasteiger partial charge < -0.3 is 4.74 Å². The molecule has 3 aromatic rings. The second kappa shape index (κ2) is 9.45. The maximum Gasteiger partial charge on any atom is 0.307 e. The Kier molecular flexibility index (Phi) is 6.92. The maximum atomic E-state index is 12.6. The predicted octanol–water partition coefficient (Wildman–Crippen LogP) is 3.74. The van der Waals surface area contributed by atoms with Gasteiger partial charge in [0, 0.05) is 0 Å². The number of sulfone groups is 2. The Hall–Kier alpha value is -2.97. The van der Waals surface area contributed by atoms with Crippen molar-refractivity contribution in [3.8, 4) is 0 Å². The van der Waals surface area contributed by atoms with E-state index in [-0.39, 0.29) is 33.5 Å². The molecule has 0 unspecified atom stereocenters. The lowest BCUT2D eigenvalue weighted by molar-refractivity contribution is -0.144. The number of hydrogen-bond acceptors (Lipinski definition) is 6. The van der Waals surface area contributed by atoms with Gasteiger partial charge in [-0.15, -0.1) is 0 Å². The fraction of sp³-hybridized carbons (Fsp3) is 0.174. The highest BCUT2D eigenvalue weighted by Crippen LogP contribution is 2.21. The third-order valence-electron chi connectivity index (χ3n) is 4.64. The van der Waals surface area contributed by atoms with E-state index in [0.29, 0.717) is 5.56 Å². The molecule has 0 spiro atoms. The first-order chi connectivity index (χ1) is 14.7. The third kappa shape index (κ3) is 5.80. The van der Waals surface area contributed by atoms with Crippen molar-refractivity contribution in [2.75, 3.05) is 5.75 Å². The average molecular weight is 459 g/mol. The van der Waals surface area contributed by atoms with Gasteiger partial charge >= 0.3 is 5.97 Å². The first-order valence-corrected chi connectivity index (χ1v) is 12.7. The summed E-state index contributed by atoms with van der Waals surface area (Å²) in [7, 11) is -7.19. The summed E-state index contributed by atoms with van der Waals surface area (Å²) in [5.41, 5.74) is 1.54. The van der Waals surface area contributed by atoms with Crippen molar-refractivity contribution >= 4 is 25.6 Å². The summed E-state index contributed by atoms with van der Waals surface area (Å²) < 4.78 is 54.9. The zero-order chi connectivity index (χ0) is 22.5. The molecular formula is C23H22O6S2. The zero-order valence-corrected chi connectivity index (χ0v) is 18.5. The van der Waals surface area contributed by atoms with Crippen molar-refractivity contribution in [2.45, 2.75) is 34.6 Å². The first kappa shape index (κ1) is 22.7. The number of hydrogen-bond donors (Lipinski definition) is 0. The summed E-state index contributed by atoms with van der Waals surface area (Å²) in [6, 6.07) is 20.5. The third-order valence-corrected chi connectivity index (χ3v) is 8.16. The van der Waals surface area contributed by atoms with E-state index in [1.165, 1.54) is 36.4 Å². The molecule has 6 nitrogen and oxygen atoms in total. The van der Waals surface area contributed by atoms with Crippen LogP contribution in [0.15, 0.2) is 93.5 Å². The normalized spacial score (nSPS) is 11.8. The van der Waals surface area contributed by atoms with Crippen molar-refractivity contribution < 1.29 is 26.4 Å². The van der Waals surface area contributed by atoms with Crippen LogP contribution in [0.5, 0.6) is 0 Å². The van der Waals surface area contributed by atoms with Gasteiger partial charge in [-0.1, -0.05) is 48.0 Å². The van der Waals surface area contributed by atoms with Gasteiger partial charge in [-0.05, 0) is 48.9 Å². The van der Waals surface area contributed by atoms with Crippen LogP contribution in [0.4, 0.5) is 0 Å². The molecule has 8 heteroatoms. The number of aryl methyl sites for hydroxylation is 1. The topological polar surface area (TPSA) is 94.6 Å². The van der Waals surface area contributed by atoms with E-state index in [2.05, 4.69) is 0 Å². The molecule has 162 valence electrons. The van der Waals surface area contributed by atoms with Crippen molar-refractivity contribution in [1.29, 1.82) is 0 Å².